The Bertz CT molecular complexity index is 621. The SMILES string of the molecule is CC(CS(C)(=O)=O)Nc1ccccc1NC(=O)OC(C)(C)C. The highest BCUT2D eigenvalue weighted by Gasteiger charge is 2.18. The number of amides is 1. The fourth-order valence-corrected chi connectivity index (χ4v) is 2.88. The van der Waals surface area contributed by atoms with Crippen molar-refractivity contribution in [2.75, 3.05) is 22.6 Å². The van der Waals surface area contributed by atoms with Crippen LogP contribution in [0.5, 0.6) is 0 Å². The van der Waals surface area contributed by atoms with Gasteiger partial charge in [0.05, 0.1) is 17.1 Å². The number of para-hydroxylation sites is 2. The first kappa shape index (κ1) is 18.3. The Morgan fingerprint density at radius 2 is 1.77 bits per heavy atom. The zero-order chi connectivity index (χ0) is 17.0. The zero-order valence-electron chi connectivity index (χ0n) is 13.6. The molecule has 0 aromatic heterocycles. The maximum Gasteiger partial charge on any atom is 0.412 e. The van der Waals surface area contributed by atoms with E-state index in [-0.39, 0.29) is 11.8 Å². The molecule has 1 rings (SSSR count). The minimum Gasteiger partial charge on any atom is -0.444 e. The van der Waals surface area contributed by atoms with E-state index in [1.54, 1.807) is 52.0 Å². The molecule has 0 bridgehead atoms. The van der Waals surface area contributed by atoms with Crippen molar-refractivity contribution in [1.82, 2.24) is 0 Å². The van der Waals surface area contributed by atoms with E-state index in [1.807, 2.05) is 0 Å². The molecule has 22 heavy (non-hydrogen) atoms. The summed E-state index contributed by atoms with van der Waals surface area (Å²) in [5.74, 6) is 0.00771. The number of rotatable bonds is 5. The smallest absolute Gasteiger partial charge is 0.412 e. The fourth-order valence-electron chi connectivity index (χ4n) is 1.89. The van der Waals surface area contributed by atoms with Gasteiger partial charge in [-0.25, -0.2) is 13.2 Å². The summed E-state index contributed by atoms with van der Waals surface area (Å²) in [7, 11) is -3.08. The second-order valence-electron chi connectivity index (χ2n) is 6.31. The van der Waals surface area contributed by atoms with Crippen LogP contribution in [0.2, 0.25) is 0 Å². The topological polar surface area (TPSA) is 84.5 Å². The van der Waals surface area contributed by atoms with Crippen LogP contribution in [0.25, 0.3) is 0 Å². The Labute approximate surface area is 132 Å². The highest BCUT2D eigenvalue weighted by atomic mass is 32.2. The summed E-state index contributed by atoms with van der Waals surface area (Å²) in [5.41, 5.74) is 0.595. The van der Waals surface area contributed by atoms with Crippen molar-refractivity contribution >= 4 is 27.3 Å². The largest absolute Gasteiger partial charge is 0.444 e. The van der Waals surface area contributed by atoms with Gasteiger partial charge in [-0.05, 0) is 39.8 Å². The third kappa shape index (κ3) is 7.31. The monoisotopic (exact) mass is 328 g/mol. The lowest BCUT2D eigenvalue weighted by Gasteiger charge is -2.21. The Balaban J connectivity index is 2.80. The van der Waals surface area contributed by atoms with Crippen LogP contribution in [0.15, 0.2) is 24.3 Å². The van der Waals surface area contributed by atoms with Gasteiger partial charge in [-0.3, -0.25) is 5.32 Å². The summed E-state index contributed by atoms with van der Waals surface area (Å²) < 4.78 is 27.9. The van der Waals surface area contributed by atoms with Crippen LogP contribution in [0.1, 0.15) is 27.7 Å². The molecule has 0 radical (unpaired) electrons. The number of carbonyl (C=O) groups excluding carboxylic acids is 1. The molecule has 0 fully saturated rings. The van der Waals surface area contributed by atoms with Gasteiger partial charge in [-0.15, -0.1) is 0 Å². The molecule has 1 amide bonds. The quantitative estimate of drug-likeness (QED) is 0.868. The average Bonchev–Trinajstić information content (AvgIpc) is 2.26. The van der Waals surface area contributed by atoms with Gasteiger partial charge in [-0.1, -0.05) is 12.1 Å². The molecule has 0 heterocycles. The number of hydrogen-bond donors (Lipinski definition) is 2. The van der Waals surface area contributed by atoms with Gasteiger partial charge in [0, 0.05) is 12.3 Å². The third-order valence-corrected chi connectivity index (χ3v) is 3.62. The first-order chi connectivity index (χ1) is 9.96. The van der Waals surface area contributed by atoms with Crippen molar-refractivity contribution in [2.45, 2.75) is 39.3 Å². The van der Waals surface area contributed by atoms with E-state index in [0.717, 1.165) is 0 Å². The molecule has 124 valence electrons. The van der Waals surface area contributed by atoms with Gasteiger partial charge in [0.2, 0.25) is 0 Å². The van der Waals surface area contributed by atoms with Gasteiger partial charge in [0.25, 0.3) is 0 Å². The molecule has 0 aliphatic heterocycles. The number of hydrogen-bond acceptors (Lipinski definition) is 5. The predicted molar refractivity (Wildman–Crippen MR) is 89.1 cm³/mol. The van der Waals surface area contributed by atoms with Crippen LogP contribution >= 0.6 is 0 Å². The normalized spacial score (nSPS) is 13.3. The maximum absolute atomic E-state index is 11.8. The lowest BCUT2D eigenvalue weighted by Crippen LogP contribution is -2.28. The molecule has 7 heteroatoms. The number of carbonyl (C=O) groups is 1. The first-order valence-corrected chi connectivity index (χ1v) is 9.05. The highest BCUT2D eigenvalue weighted by molar-refractivity contribution is 7.90. The molecule has 1 aromatic carbocycles. The molecule has 0 aliphatic rings. The molecule has 1 unspecified atom stereocenters. The minimum absolute atomic E-state index is 0.00771. The lowest BCUT2D eigenvalue weighted by molar-refractivity contribution is 0.0636. The van der Waals surface area contributed by atoms with Crippen molar-refractivity contribution in [1.29, 1.82) is 0 Å². The lowest BCUT2D eigenvalue weighted by atomic mass is 10.2. The highest BCUT2D eigenvalue weighted by Crippen LogP contribution is 2.23. The summed E-state index contributed by atoms with van der Waals surface area (Å²) in [4.78, 5) is 11.8. The maximum atomic E-state index is 11.8. The van der Waals surface area contributed by atoms with Crippen molar-refractivity contribution < 1.29 is 17.9 Å². The van der Waals surface area contributed by atoms with Crippen LogP contribution in [-0.2, 0) is 14.6 Å². The van der Waals surface area contributed by atoms with Crippen molar-refractivity contribution in [3.05, 3.63) is 24.3 Å². The number of nitrogens with one attached hydrogen (secondary N) is 2. The number of ether oxygens (including phenoxy) is 1. The third-order valence-electron chi connectivity index (χ3n) is 2.52. The Kier molecular flexibility index (Phi) is 5.82. The first-order valence-electron chi connectivity index (χ1n) is 6.99. The number of sulfone groups is 1. The summed E-state index contributed by atoms with van der Waals surface area (Å²) in [5, 5.41) is 5.75. The van der Waals surface area contributed by atoms with Crippen LogP contribution in [-0.4, -0.2) is 38.2 Å². The summed E-state index contributed by atoms with van der Waals surface area (Å²) in [6.45, 7) is 7.12. The van der Waals surface area contributed by atoms with E-state index in [1.165, 1.54) is 6.26 Å². The van der Waals surface area contributed by atoms with E-state index in [2.05, 4.69) is 10.6 Å². The fraction of sp³-hybridized carbons (Fsp3) is 0.533. The molecule has 2 N–H and O–H groups in total. The molecule has 6 nitrogen and oxygen atoms in total. The molecule has 0 aliphatic carbocycles. The van der Waals surface area contributed by atoms with Crippen molar-refractivity contribution in [2.24, 2.45) is 0 Å². The molecule has 1 atom stereocenters. The van der Waals surface area contributed by atoms with E-state index in [0.29, 0.717) is 11.4 Å². The van der Waals surface area contributed by atoms with Gasteiger partial charge >= 0.3 is 6.09 Å². The molecule has 0 saturated heterocycles. The van der Waals surface area contributed by atoms with Gasteiger partial charge in [0.1, 0.15) is 15.4 Å². The average molecular weight is 328 g/mol. The molecule has 1 aromatic rings. The van der Waals surface area contributed by atoms with Crippen LogP contribution in [0, 0.1) is 0 Å². The standard InChI is InChI=1S/C15H24N2O4S/c1-11(10-22(5,19)20)16-12-8-6-7-9-13(12)17-14(18)21-15(2,3)4/h6-9,11,16H,10H2,1-5H3,(H,17,18). The van der Waals surface area contributed by atoms with E-state index >= 15 is 0 Å². The number of benzene rings is 1. The van der Waals surface area contributed by atoms with E-state index < -0.39 is 21.5 Å². The zero-order valence-corrected chi connectivity index (χ0v) is 14.5. The van der Waals surface area contributed by atoms with Crippen LogP contribution in [0.3, 0.4) is 0 Å². The Morgan fingerprint density at radius 1 is 1.23 bits per heavy atom. The summed E-state index contributed by atoms with van der Waals surface area (Å²) >= 11 is 0. The molecular formula is C15H24N2O4S. The predicted octanol–water partition coefficient (Wildman–Crippen LogP) is 2.88. The van der Waals surface area contributed by atoms with Gasteiger partial charge in [0.15, 0.2) is 0 Å². The van der Waals surface area contributed by atoms with Gasteiger partial charge in [-0.2, -0.15) is 0 Å². The molecular weight excluding hydrogens is 304 g/mol. The van der Waals surface area contributed by atoms with Crippen LogP contribution in [0.4, 0.5) is 16.2 Å². The van der Waals surface area contributed by atoms with Crippen molar-refractivity contribution in [3.8, 4) is 0 Å². The van der Waals surface area contributed by atoms with E-state index in [4.69, 9.17) is 4.74 Å². The molecule has 0 saturated carbocycles. The van der Waals surface area contributed by atoms with Gasteiger partial charge < -0.3 is 10.1 Å². The minimum atomic E-state index is -3.08. The van der Waals surface area contributed by atoms with E-state index in [9.17, 15) is 13.2 Å². The second-order valence-corrected chi connectivity index (χ2v) is 8.50. The summed E-state index contributed by atoms with van der Waals surface area (Å²) in [6, 6.07) is 6.79. The summed E-state index contributed by atoms with van der Waals surface area (Å²) in [6.07, 6.45) is 0.633. The molecule has 0 spiro atoms. The Morgan fingerprint density at radius 3 is 2.27 bits per heavy atom. The number of anilines is 2. The van der Waals surface area contributed by atoms with Crippen LogP contribution < -0.4 is 10.6 Å². The second kappa shape index (κ2) is 7.00. The van der Waals surface area contributed by atoms with Crippen molar-refractivity contribution in [3.63, 3.8) is 0 Å². The Hall–Kier alpha value is -1.76.